The van der Waals surface area contributed by atoms with E-state index in [1.54, 1.807) is 35.8 Å². The van der Waals surface area contributed by atoms with E-state index in [9.17, 15) is 18.8 Å². The molecule has 1 aliphatic rings. The molecule has 0 spiro atoms. The smallest absolute Gasteiger partial charge is 0.342 e. The predicted molar refractivity (Wildman–Crippen MR) is 131 cm³/mol. The number of hydrogen-bond donors (Lipinski definition) is 0. The molecular formula is C27H27FN4O4. The van der Waals surface area contributed by atoms with Gasteiger partial charge in [0.25, 0.3) is 11.8 Å². The van der Waals surface area contributed by atoms with Gasteiger partial charge in [0.15, 0.2) is 0 Å². The van der Waals surface area contributed by atoms with Gasteiger partial charge in [-0.15, -0.1) is 0 Å². The zero-order valence-corrected chi connectivity index (χ0v) is 20.4. The Balaban J connectivity index is 1.63. The third-order valence-corrected chi connectivity index (χ3v) is 6.02. The van der Waals surface area contributed by atoms with Gasteiger partial charge in [0.2, 0.25) is 0 Å². The molecule has 2 heterocycles. The van der Waals surface area contributed by atoms with Gasteiger partial charge in [-0.05, 0) is 45.0 Å². The van der Waals surface area contributed by atoms with Crippen LogP contribution >= 0.6 is 0 Å². The number of rotatable bonds is 5. The molecule has 1 fully saturated rings. The van der Waals surface area contributed by atoms with E-state index in [-0.39, 0.29) is 49.4 Å². The second-order valence-electron chi connectivity index (χ2n) is 8.54. The van der Waals surface area contributed by atoms with Crippen LogP contribution in [-0.2, 0) is 4.74 Å². The SMILES string of the molecule is CCOC(=O)c1c(C(=O)N2CCN(C(=O)c3ccc(F)cc3)C(C)C2)nc(C)nc1-c1ccccc1. The van der Waals surface area contributed by atoms with E-state index in [4.69, 9.17) is 4.74 Å². The highest BCUT2D eigenvalue weighted by Gasteiger charge is 2.34. The number of halogens is 1. The molecule has 0 saturated carbocycles. The van der Waals surface area contributed by atoms with Crippen molar-refractivity contribution in [3.63, 3.8) is 0 Å². The van der Waals surface area contributed by atoms with Gasteiger partial charge in [0.1, 0.15) is 22.9 Å². The van der Waals surface area contributed by atoms with Crippen LogP contribution in [0.2, 0.25) is 0 Å². The van der Waals surface area contributed by atoms with E-state index in [1.165, 1.54) is 24.3 Å². The van der Waals surface area contributed by atoms with E-state index < -0.39 is 17.7 Å². The van der Waals surface area contributed by atoms with Crippen LogP contribution in [0, 0.1) is 12.7 Å². The highest BCUT2D eigenvalue weighted by Crippen LogP contribution is 2.26. The van der Waals surface area contributed by atoms with Crippen LogP contribution in [-0.4, -0.2) is 69.8 Å². The number of ether oxygens (including phenoxy) is 1. The maximum atomic E-state index is 13.7. The van der Waals surface area contributed by atoms with Gasteiger partial charge in [-0.25, -0.2) is 19.2 Å². The number of aryl methyl sites for hydroxylation is 1. The van der Waals surface area contributed by atoms with Crippen LogP contribution in [0.15, 0.2) is 54.6 Å². The Morgan fingerprint density at radius 3 is 2.33 bits per heavy atom. The van der Waals surface area contributed by atoms with Crippen molar-refractivity contribution in [3.05, 3.63) is 83.1 Å². The number of piperazine rings is 1. The lowest BCUT2D eigenvalue weighted by atomic mass is 10.0. The van der Waals surface area contributed by atoms with Gasteiger partial charge in [-0.1, -0.05) is 30.3 Å². The molecule has 9 heteroatoms. The Bertz CT molecular complexity index is 1280. The van der Waals surface area contributed by atoms with Crippen LogP contribution in [0.25, 0.3) is 11.3 Å². The Morgan fingerprint density at radius 2 is 1.69 bits per heavy atom. The molecule has 8 nitrogen and oxygen atoms in total. The van der Waals surface area contributed by atoms with Gasteiger partial charge in [-0.3, -0.25) is 9.59 Å². The lowest BCUT2D eigenvalue weighted by molar-refractivity contribution is 0.0406. The molecule has 1 unspecified atom stereocenters. The van der Waals surface area contributed by atoms with Crippen LogP contribution in [0.3, 0.4) is 0 Å². The summed E-state index contributed by atoms with van der Waals surface area (Å²) in [6, 6.07) is 14.2. The molecule has 2 aromatic carbocycles. The number of amides is 2. The van der Waals surface area contributed by atoms with Crippen LogP contribution in [0.1, 0.15) is 50.9 Å². The Labute approximate surface area is 208 Å². The summed E-state index contributed by atoms with van der Waals surface area (Å²) in [5, 5.41) is 0. The van der Waals surface area contributed by atoms with E-state index >= 15 is 0 Å². The van der Waals surface area contributed by atoms with Gasteiger partial charge in [0.05, 0.1) is 12.3 Å². The average Bonchev–Trinajstić information content (AvgIpc) is 2.88. The Hall–Kier alpha value is -4.14. The van der Waals surface area contributed by atoms with Crippen LogP contribution < -0.4 is 0 Å². The topological polar surface area (TPSA) is 92.7 Å². The molecule has 4 rings (SSSR count). The first-order valence-corrected chi connectivity index (χ1v) is 11.8. The lowest BCUT2D eigenvalue weighted by Gasteiger charge is -2.40. The molecule has 1 saturated heterocycles. The number of hydrogen-bond acceptors (Lipinski definition) is 6. The van der Waals surface area contributed by atoms with E-state index in [2.05, 4.69) is 9.97 Å². The monoisotopic (exact) mass is 490 g/mol. The first-order valence-electron chi connectivity index (χ1n) is 11.8. The van der Waals surface area contributed by atoms with Crippen molar-refractivity contribution >= 4 is 17.8 Å². The molecule has 1 aromatic heterocycles. The Morgan fingerprint density at radius 1 is 1.00 bits per heavy atom. The number of aromatic nitrogens is 2. The standard InChI is InChI=1S/C27H27FN4O4/c1-4-36-27(35)22-23(19-8-6-5-7-9-19)29-18(3)30-24(22)26(34)31-14-15-32(17(2)16-31)25(33)20-10-12-21(28)13-11-20/h5-13,17H,4,14-16H2,1-3H3. The minimum absolute atomic E-state index is 0.0229. The zero-order chi connectivity index (χ0) is 25.8. The van der Waals surface area contributed by atoms with E-state index in [0.717, 1.165) is 0 Å². The largest absolute Gasteiger partial charge is 0.462 e. The summed E-state index contributed by atoms with van der Waals surface area (Å²) >= 11 is 0. The number of carbonyl (C=O) groups is 3. The highest BCUT2D eigenvalue weighted by molar-refractivity contribution is 6.07. The number of nitrogens with zero attached hydrogens (tertiary/aromatic N) is 4. The van der Waals surface area contributed by atoms with Crippen molar-refractivity contribution in [2.75, 3.05) is 26.2 Å². The zero-order valence-electron chi connectivity index (χ0n) is 20.4. The second-order valence-corrected chi connectivity index (χ2v) is 8.54. The van der Waals surface area contributed by atoms with Crippen LogP contribution in [0.4, 0.5) is 4.39 Å². The molecule has 1 aliphatic heterocycles. The summed E-state index contributed by atoms with van der Waals surface area (Å²) < 4.78 is 18.5. The normalized spacial score (nSPS) is 15.5. The Kier molecular flexibility index (Phi) is 7.38. The molecule has 0 bridgehead atoms. The van der Waals surface area contributed by atoms with Gasteiger partial charge >= 0.3 is 5.97 Å². The highest BCUT2D eigenvalue weighted by atomic mass is 19.1. The van der Waals surface area contributed by atoms with Crippen molar-refractivity contribution in [3.8, 4) is 11.3 Å². The number of carbonyl (C=O) groups excluding carboxylic acids is 3. The summed E-state index contributed by atoms with van der Waals surface area (Å²) in [4.78, 5) is 51.7. The molecule has 3 aromatic rings. The fourth-order valence-electron chi connectivity index (χ4n) is 4.28. The first kappa shape index (κ1) is 25.0. The van der Waals surface area contributed by atoms with Crippen molar-refractivity contribution < 1.29 is 23.5 Å². The number of benzene rings is 2. The fourth-order valence-corrected chi connectivity index (χ4v) is 4.28. The average molecular weight is 491 g/mol. The molecular weight excluding hydrogens is 463 g/mol. The van der Waals surface area contributed by atoms with Crippen molar-refractivity contribution in [1.82, 2.24) is 19.8 Å². The third kappa shape index (κ3) is 5.10. The fraction of sp³-hybridized carbons (Fsp3) is 0.296. The molecule has 0 N–H and O–H groups in total. The summed E-state index contributed by atoms with van der Waals surface area (Å²) in [5.74, 6) is -1.39. The van der Waals surface area contributed by atoms with E-state index in [1.807, 2.05) is 25.1 Å². The lowest BCUT2D eigenvalue weighted by Crippen LogP contribution is -2.55. The van der Waals surface area contributed by atoms with Crippen molar-refractivity contribution in [1.29, 1.82) is 0 Å². The molecule has 2 amide bonds. The van der Waals surface area contributed by atoms with Crippen molar-refractivity contribution in [2.24, 2.45) is 0 Å². The minimum Gasteiger partial charge on any atom is -0.462 e. The second kappa shape index (κ2) is 10.6. The van der Waals surface area contributed by atoms with Crippen molar-refractivity contribution in [2.45, 2.75) is 26.8 Å². The van der Waals surface area contributed by atoms with Gasteiger partial charge in [-0.2, -0.15) is 0 Å². The maximum absolute atomic E-state index is 13.7. The minimum atomic E-state index is -0.669. The third-order valence-electron chi connectivity index (χ3n) is 6.02. The van der Waals surface area contributed by atoms with Crippen LogP contribution in [0.5, 0.6) is 0 Å². The quantitative estimate of drug-likeness (QED) is 0.506. The molecule has 1 atom stereocenters. The summed E-state index contributed by atoms with van der Waals surface area (Å²) in [5.41, 5.74) is 1.39. The summed E-state index contributed by atoms with van der Waals surface area (Å²) in [6.45, 7) is 6.12. The summed E-state index contributed by atoms with van der Waals surface area (Å²) in [6.07, 6.45) is 0. The molecule has 36 heavy (non-hydrogen) atoms. The maximum Gasteiger partial charge on any atom is 0.342 e. The molecule has 186 valence electrons. The van der Waals surface area contributed by atoms with E-state index in [0.29, 0.717) is 22.6 Å². The molecule has 0 aliphatic carbocycles. The first-order chi connectivity index (χ1) is 17.3. The van der Waals surface area contributed by atoms with Gasteiger partial charge in [0, 0.05) is 36.8 Å². The molecule has 0 radical (unpaired) electrons. The van der Waals surface area contributed by atoms with Gasteiger partial charge < -0.3 is 14.5 Å². The predicted octanol–water partition coefficient (Wildman–Crippen LogP) is 3.75. The number of esters is 1. The summed E-state index contributed by atoms with van der Waals surface area (Å²) in [7, 11) is 0.